The summed E-state index contributed by atoms with van der Waals surface area (Å²) in [6.45, 7) is 10.8. The van der Waals surface area contributed by atoms with Crippen LogP contribution >= 0.6 is 0 Å². The lowest BCUT2D eigenvalue weighted by Crippen LogP contribution is -2.55. The van der Waals surface area contributed by atoms with Crippen molar-refractivity contribution in [2.24, 2.45) is 40.4 Å². The van der Waals surface area contributed by atoms with Gasteiger partial charge in [0.1, 0.15) is 0 Å². The summed E-state index contributed by atoms with van der Waals surface area (Å²) in [6.07, 6.45) is 4.99. The van der Waals surface area contributed by atoms with Gasteiger partial charge in [0.25, 0.3) is 0 Å². The van der Waals surface area contributed by atoms with E-state index >= 15 is 0 Å². The summed E-state index contributed by atoms with van der Waals surface area (Å²) >= 11 is 0. The molecule has 0 unspecified atom stereocenters. The molecule has 0 aromatic carbocycles. The summed E-state index contributed by atoms with van der Waals surface area (Å²) in [5.41, 5.74) is -2.22. The van der Waals surface area contributed by atoms with Crippen molar-refractivity contribution in [3.63, 3.8) is 0 Å². The lowest BCUT2D eigenvalue weighted by atomic mass is 9.46. The van der Waals surface area contributed by atoms with E-state index in [0.29, 0.717) is 41.4 Å². The molecule has 0 radical (unpaired) electrons. The van der Waals surface area contributed by atoms with Crippen molar-refractivity contribution in [1.82, 2.24) is 0 Å². The van der Waals surface area contributed by atoms with E-state index in [-0.39, 0.29) is 18.3 Å². The van der Waals surface area contributed by atoms with Gasteiger partial charge in [0.15, 0.2) is 5.60 Å². The highest BCUT2D eigenvalue weighted by atomic mass is 19.4. The minimum Gasteiger partial charge on any atom is -0.390 e. The lowest BCUT2D eigenvalue weighted by molar-refractivity contribution is -0.271. The topological polar surface area (TPSA) is 40.5 Å². The van der Waals surface area contributed by atoms with Gasteiger partial charge in [-0.15, -0.1) is 0 Å². The summed E-state index contributed by atoms with van der Waals surface area (Å²) in [5, 5.41) is 20.6. The van der Waals surface area contributed by atoms with Gasteiger partial charge in [0, 0.05) is 6.42 Å². The van der Waals surface area contributed by atoms with Crippen LogP contribution in [0.15, 0.2) is 11.6 Å². The van der Waals surface area contributed by atoms with Crippen LogP contribution in [0.3, 0.4) is 0 Å². The number of allylic oxidation sites excluding steroid dienone is 1. The molecule has 184 valence electrons. The minimum absolute atomic E-state index is 0.175. The molecule has 5 heteroatoms. The second-order valence-corrected chi connectivity index (χ2v) is 13.0. The van der Waals surface area contributed by atoms with Gasteiger partial charge in [-0.05, 0) is 112 Å². The number of alkyl halides is 3. The fraction of sp³-hybridized carbons (Fsp3) is 0.926. The average molecular weight is 457 g/mol. The summed E-state index contributed by atoms with van der Waals surface area (Å²) in [6, 6.07) is 0. The number of aliphatic hydroxyl groups is 2. The Balaban J connectivity index is 1.53. The average Bonchev–Trinajstić information content (AvgIpc) is 3.02. The predicted octanol–water partition coefficient (Wildman–Crippen LogP) is 7.05. The summed E-state index contributed by atoms with van der Waals surface area (Å²) in [5.74, 6) is 2.86. The van der Waals surface area contributed by atoms with Gasteiger partial charge in [0.2, 0.25) is 0 Å². The van der Waals surface area contributed by atoms with E-state index in [9.17, 15) is 23.4 Å². The van der Waals surface area contributed by atoms with E-state index in [1.807, 2.05) is 13.8 Å². The Kier molecular flexibility index (Phi) is 5.94. The zero-order valence-corrected chi connectivity index (χ0v) is 20.6. The highest BCUT2D eigenvalue weighted by molar-refractivity contribution is 5.28. The van der Waals surface area contributed by atoms with Crippen molar-refractivity contribution in [3.05, 3.63) is 11.6 Å². The molecule has 0 aromatic heterocycles. The van der Waals surface area contributed by atoms with E-state index in [4.69, 9.17) is 0 Å². The first kappa shape index (κ1) is 24.6. The first-order chi connectivity index (χ1) is 14.6. The van der Waals surface area contributed by atoms with E-state index < -0.39 is 17.4 Å². The molecule has 0 bridgehead atoms. The van der Waals surface area contributed by atoms with Crippen molar-refractivity contribution in [3.8, 4) is 0 Å². The zero-order chi connectivity index (χ0) is 23.7. The maximum atomic E-state index is 13.5. The number of halogens is 3. The molecule has 0 aliphatic heterocycles. The molecule has 0 spiro atoms. The lowest BCUT2D eigenvalue weighted by Gasteiger charge is -2.59. The second-order valence-electron chi connectivity index (χ2n) is 13.0. The van der Waals surface area contributed by atoms with Gasteiger partial charge in [-0.25, -0.2) is 0 Å². The van der Waals surface area contributed by atoms with E-state index in [1.165, 1.54) is 12.8 Å². The zero-order valence-electron chi connectivity index (χ0n) is 20.6. The molecule has 4 aliphatic rings. The number of fused-ring (bicyclic) bond motifs is 5. The van der Waals surface area contributed by atoms with Crippen LogP contribution in [-0.2, 0) is 0 Å². The molecule has 0 heterocycles. The SMILES string of the molecule is C[C@H](CCC(C)(C)O)[C@H]1CC[C@H]2[C@@H]3CC=C4C[C@](O)(C(F)(F)F)CC[C@]4(C)[C@H]3CC[C@]12C. The quantitative estimate of drug-likeness (QED) is 0.445. The van der Waals surface area contributed by atoms with Crippen molar-refractivity contribution in [2.75, 3.05) is 0 Å². The third-order valence-corrected chi connectivity index (χ3v) is 10.7. The van der Waals surface area contributed by atoms with Crippen LogP contribution in [0.25, 0.3) is 0 Å². The Morgan fingerprint density at radius 2 is 1.75 bits per heavy atom. The van der Waals surface area contributed by atoms with E-state index in [2.05, 4.69) is 26.8 Å². The van der Waals surface area contributed by atoms with Gasteiger partial charge in [-0.3, -0.25) is 0 Å². The third-order valence-electron chi connectivity index (χ3n) is 10.7. The molecule has 0 amide bonds. The summed E-state index contributed by atoms with van der Waals surface area (Å²) < 4.78 is 40.6. The third kappa shape index (κ3) is 3.87. The monoisotopic (exact) mass is 456 g/mol. The first-order valence-electron chi connectivity index (χ1n) is 12.8. The molecule has 4 aliphatic carbocycles. The van der Waals surface area contributed by atoms with Gasteiger partial charge >= 0.3 is 6.18 Å². The summed E-state index contributed by atoms with van der Waals surface area (Å²) in [4.78, 5) is 0. The molecule has 3 fully saturated rings. The second kappa shape index (κ2) is 7.73. The Morgan fingerprint density at radius 3 is 2.38 bits per heavy atom. The Hall–Kier alpha value is -0.550. The molecule has 2 nitrogen and oxygen atoms in total. The van der Waals surface area contributed by atoms with Crippen LogP contribution in [0, 0.1) is 40.4 Å². The summed E-state index contributed by atoms with van der Waals surface area (Å²) in [7, 11) is 0. The normalized spacial score (nSPS) is 45.5. The number of rotatable bonds is 4. The molecule has 2 N–H and O–H groups in total. The Bertz CT molecular complexity index is 753. The maximum absolute atomic E-state index is 13.5. The molecular formula is C27H43F3O2. The van der Waals surface area contributed by atoms with Gasteiger partial charge in [-0.2, -0.15) is 13.2 Å². The molecular weight excluding hydrogens is 413 g/mol. The van der Waals surface area contributed by atoms with Crippen molar-refractivity contribution in [2.45, 2.75) is 116 Å². The largest absolute Gasteiger partial charge is 0.417 e. The van der Waals surface area contributed by atoms with Crippen molar-refractivity contribution < 1.29 is 23.4 Å². The van der Waals surface area contributed by atoms with Crippen LogP contribution in [0.4, 0.5) is 13.2 Å². The van der Waals surface area contributed by atoms with Gasteiger partial charge in [0.05, 0.1) is 5.60 Å². The highest BCUT2D eigenvalue weighted by Crippen LogP contribution is 2.68. The van der Waals surface area contributed by atoms with Gasteiger partial charge < -0.3 is 10.2 Å². The molecule has 4 rings (SSSR count). The van der Waals surface area contributed by atoms with Crippen molar-refractivity contribution >= 4 is 0 Å². The molecule has 3 saturated carbocycles. The number of hydrogen-bond donors (Lipinski definition) is 2. The smallest absolute Gasteiger partial charge is 0.390 e. The maximum Gasteiger partial charge on any atom is 0.417 e. The Labute approximate surface area is 192 Å². The molecule has 8 atom stereocenters. The first-order valence-corrected chi connectivity index (χ1v) is 12.8. The minimum atomic E-state index is -4.56. The van der Waals surface area contributed by atoms with Crippen LogP contribution in [0.2, 0.25) is 0 Å². The fourth-order valence-corrected chi connectivity index (χ4v) is 8.65. The van der Waals surface area contributed by atoms with Crippen LogP contribution in [-0.4, -0.2) is 27.6 Å². The number of hydrogen-bond acceptors (Lipinski definition) is 2. The fourth-order valence-electron chi connectivity index (χ4n) is 8.65. The molecule has 0 saturated heterocycles. The van der Waals surface area contributed by atoms with Crippen LogP contribution in [0.1, 0.15) is 98.8 Å². The standard InChI is InChI=1S/C27H43F3O2/c1-17(10-12-23(2,3)31)20-8-9-21-19-7-6-18-16-26(32,27(28,29)30)15-14-24(18,4)22(19)11-13-25(20,21)5/h6,17,19-22,31-32H,7-16H2,1-5H3/t17-,19+,20-,21+,22+,24+,25-,26+/m1/s1. The van der Waals surface area contributed by atoms with Crippen LogP contribution in [0.5, 0.6) is 0 Å². The molecule has 32 heavy (non-hydrogen) atoms. The molecule has 0 aromatic rings. The van der Waals surface area contributed by atoms with E-state index in [0.717, 1.165) is 37.7 Å². The predicted molar refractivity (Wildman–Crippen MR) is 121 cm³/mol. The van der Waals surface area contributed by atoms with E-state index in [1.54, 1.807) is 0 Å². The highest BCUT2D eigenvalue weighted by Gasteiger charge is 2.63. The van der Waals surface area contributed by atoms with Crippen molar-refractivity contribution in [1.29, 1.82) is 0 Å². The van der Waals surface area contributed by atoms with Gasteiger partial charge in [-0.1, -0.05) is 32.4 Å². The van der Waals surface area contributed by atoms with Crippen LogP contribution < -0.4 is 0 Å². The Morgan fingerprint density at radius 1 is 1.06 bits per heavy atom.